The number of ether oxygens (including phenoxy) is 1. The normalized spacial score (nSPS) is 12.6. The molecule has 8 nitrogen and oxygen atoms in total. The second-order valence-corrected chi connectivity index (χ2v) is 7.43. The number of anilines is 3. The molecule has 0 spiro atoms. The number of benzene rings is 1. The summed E-state index contributed by atoms with van der Waals surface area (Å²) in [5.41, 5.74) is 1.69. The van der Waals surface area contributed by atoms with Crippen LogP contribution >= 0.6 is 11.3 Å². The van der Waals surface area contributed by atoms with Crippen LogP contribution in [0.5, 0.6) is 11.6 Å². The number of aromatic nitrogens is 2. The number of amides is 3. The van der Waals surface area contributed by atoms with E-state index in [9.17, 15) is 9.59 Å². The molecule has 0 unspecified atom stereocenters. The molecule has 3 amide bonds. The van der Waals surface area contributed by atoms with Crippen LogP contribution in [0, 0.1) is 0 Å². The van der Waals surface area contributed by atoms with E-state index in [0.717, 1.165) is 5.39 Å². The van der Waals surface area contributed by atoms with Crippen molar-refractivity contribution in [2.45, 2.75) is 0 Å². The Bertz CT molecular complexity index is 1270. The lowest BCUT2D eigenvalue weighted by atomic mass is 10.1. The third kappa shape index (κ3) is 2.92. The average Bonchev–Trinajstić information content (AvgIpc) is 3.14. The highest BCUT2D eigenvalue weighted by molar-refractivity contribution is 7.21. The van der Waals surface area contributed by atoms with E-state index >= 15 is 0 Å². The van der Waals surface area contributed by atoms with Gasteiger partial charge in [-0.3, -0.25) is 9.69 Å². The molecule has 0 atom stereocenters. The van der Waals surface area contributed by atoms with Gasteiger partial charge in [0.2, 0.25) is 5.88 Å². The van der Waals surface area contributed by atoms with Crippen molar-refractivity contribution in [2.24, 2.45) is 0 Å². The van der Waals surface area contributed by atoms with Crippen LogP contribution in [0.4, 0.5) is 21.9 Å². The molecule has 0 fully saturated rings. The zero-order chi connectivity index (χ0) is 20.7. The van der Waals surface area contributed by atoms with Gasteiger partial charge < -0.3 is 15.4 Å². The SMILES string of the molecule is CNC(=O)c1sc2nccc3c2c1NC(=O)N3c1ccc(Oc2ccccc2)nc1. The third-order valence-electron chi connectivity index (χ3n) is 4.62. The summed E-state index contributed by atoms with van der Waals surface area (Å²) >= 11 is 1.24. The maximum atomic E-state index is 12.9. The van der Waals surface area contributed by atoms with Gasteiger partial charge in [-0.15, -0.1) is 11.3 Å². The summed E-state index contributed by atoms with van der Waals surface area (Å²) in [4.78, 5) is 36.5. The van der Waals surface area contributed by atoms with E-state index in [4.69, 9.17) is 4.74 Å². The van der Waals surface area contributed by atoms with E-state index in [1.165, 1.54) is 16.2 Å². The molecule has 0 saturated carbocycles. The van der Waals surface area contributed by atoms with Gasteiger partial charge in [0.05, 0.1) is 28.6 Å². The smallest absolute Gasteiger partial charge is 0.331 e. The molecular formula is C21H15N5O3S. The molecule has 1 aliphatic heterocycles. The zero-order valence-electron chi connectivity index (χ0n) is 15.7. The summed E-state index contributed by atoms with van der Waals surface area (Å²) in [7, 11) is 1.55. The molecule has 4 aromatic rings. The van der Waals surface area contributed by atoms with E-state index in [2.05, 4.69) is 20.6 Å². The van der Waals surface area contributed by atoms with Crippen molar-refractivity contribution in [1.82, 2.24) is 15.3 Å². The summed E-state index contributed by atoms with van der Waals surface area (Å²) < 4.78 is 5.72. The molecule has 9 heteroatoms. The monoisotopic (exact) mass is 417 g/mol. The Morgan fingerprint density at radius 1 is 1.13 bits per heavy atom. The molecule has 0 saturated heterocycles. The van der Waals surface area contributed by atoms with Crippen molar-refractivity contribution in [1.29, 1.82) is 0 Å². The lowest BCUT2D eigenvalue weighted by molar-refractivity contribution is 0.0968. The molecule has 4 heterocycles. The lowest BCUT2D eigenvalue weighted by Gasteiger charge is -2.28. The highest BCUT2D eigenvalue weighted by Crippen LogP contribution is 2.45. The predicted molar refractivity (Wildman–Crippen MR) is 115 cm³/mol. The van der Waals surface area contributed by atoms with Gasteiger partial charge in [-0.25, -0.2) is 14.8 Å². The highest BCUT2D eigenvalue weighted by Gasteiger charge is 2.32. The average molecular weight is 417 g/mol. The van der Waals surface area contributed by atoms with Crippen LogP contribution in [-0.2, 0) is 0 Å². The Hall–Kier alpha value is -3.98. The van der Waals surface area contributed by atoms with Gasteiger partial charge in [0, 0.05) is 19.3 Å². The minimum Gasteiger partial charge on any atom is -0.439 e. The van der Waals surface area contributed by atoms with E-state index < -0.39 is 0 Å². The zero-order valence-corrected chi connectivity index (χ0v) is 16.6. The molecule has 0 radical (unpaired) electrons. The van der Waals surface area contributed by atoms with Crippen molar-refractivity contribution in [3.8, 4) is 11.6 Å². The van der Waals surface area contributed by atoms with Gasteiger partial charge in [0.15, 0.2) is 0 Å². The first-order valence-corrected chi connectivity index (χ1v) is 9.91. The molecule has 148 valence electrons. The van der Waals surface area contributed by atoms with Gasteiger partial charge in [0.1, 0.15) is 15.5 Å². The number of hydrogen-bond acceptors (Lipinski definition) is 6. The summed E-state index contributed by atoms with van der Waals surface area (Å²) in [5.74, 6) is 0.825. The lowest BCUT2D eigenvalue weighted by Crippen LogP contribution is -2.34. The van der Waals surface area contributed by atoms with E-state index in [1.807, 2.05) is 30.3 Å². The minimum absolute atomic E-state index is 0.267. The Balaban J connectivity index is 1.54. The van der Waals surface area contributed by atoms with Gasteiger partial charge >= 0.3 is 6.03 Å². The Labute approximate surface area is 175 Å². The number of nitrogens with zero attached hydrogens (tertiary/aromatic N) is 3. The van der Waals surface area contributed by atoms with Crippen LogP contribution in [-0.4, -0.2) is 29.0 Å². The molecule has 30 heavy (non-hydrogen) atoms. The molecule has 0 bridgehead atoms. The van der Waals surface area contributed by atoms with E-state index in [1.54, 1.807) is 37.6 Å². The summed E-state index contributed by atoms with van der Waals surface area (Å²) in [5, 5.41) is 6.15. The first kappa shape index (κ1) is 18.1. The number of nitrogens with one attached hydrogen (secondary N) is 2. The van der Waals surface area contributed by atoms with Crippen LogP contribution in [0.3, 0.4) is 0 Å². The quantitative estimate of drug-likeness (QED) is 0.509. The summed E-state index contributed by atoms with van der Waals surface area (Å²) in [6, 6.07) is 14.2. The van der Waals surface area contributed by atoms with Crippen molar-refractivity contribution >= 4 is 50.6 Å². The minimum atomic E-state index is -0.378. The summed E-state index contributed by atoms with van der Waals surface area (Å²) in [6.45, 7) is 0. The van der Waals surface area contributed by atoms with Gasteiger partial charge in [-0.2, -0.15) is 0 Å². The van der Waals surface area contributed by atoms with Crippen LogP contribution < -0.4 is 20.3 Å². The number of thiophene rings is 1. The molecule has 3 aromatic heterocycles. The summed E-state index contributed by atoms with van der Waals surface area (Å²) in [6.07, 6.45) is 3.19. The third-order valence-corrected chi connectivity index (χ3v) is 5.72. The number of carbonyl (C=O) groups excluding carboxylic acids is 2. The molecular weight excluding hydrogens is 402 g/mol. The molecule has 1 aliphatic rings. The van der Waals surface area contributed by atoms with Crippen molar-refractivity contribution < 1.29 is 14.3 Å². The van der Waals surface area contributed by atoms with E-state index in [0.29, 0.717) is 38.4 Å². The fraction of sp³-hybridized carbons (Fsp3) is 0.0476. The maximum Gasteiger partial charge on any atom is 0.331 e. The predicted octanol–water partition coefficient (Wildman–Crippen LogP) is 4.53. The first-order valence-electron chi connectivity index (χ1n) is 9.09. The topological polar surface area (TPSA) is 96.5 Å². The van der Waals surface area contributed by atoms with Gasteiger partial charge in [-0.05, 0) is 24.3 Å². The Morgan fingerprint density at radius 2 is 1.97 bits per heavy atom. The van der Waals surface area contributed by atoms with Gasteiger partial charge in [0.25, 0.3) is 5.91 Å². The van der Waals surface area contributed by atoms with Crippen LogP contribution in [0.1, 0.15) is 9.67 Å². The molecule has 1 aromatic carbocycles. The van der Waals surface area contributed by atoms with Crippen molar-refractivity contribution in [2.75, 3.05) is 17.3 Å². The number of urea groups is 1. The van der Waals surface area contributed by atoms with Crippen molar-refractivity contribution in [3.63, 3.8) is 0 Å². The largest absolute Gasteiger partial charge is 0.439 e. The van der Waals surface area contributed by atoms with E-state index in [-0.39, 0.29) is 11.9 Å². The Morgan fingerprint density at radius 3 is 2.70 bits per heavy atom. The standard InChI is InChI=1S/C21H15N5O3S/c1-22-19(27)18-17-16-14(9-10-23-20(16)30-18)26(21(28)25-17)12-7-8-15(24-11-12)29-13-5-3-2-4-6-13/h2-11H,1H3,(H,22,27)(H,25,28). The maximum absolute atomic E-state index is 12.9. The molecule has 5 rings (SSSR count). The fourth-order valence-corrected chi connectivity index (χ4v) is 4.35. The Kier molecular flexibility index (Phi) is 4.29. The van der Waals surface area contributed by atoms with Crippen molar-refractivity contribution in [3.05, 3.63) is 65.8 Å². The first-order chi connectivity index (χ1) is 14.7. The van der Waals surface area contributed by atoms with Crippen LogP contribution in [0.2, 0.25) is 0 Å². The second kappa shape index (κ2) is 7.12. The number of para-hydroxylation sites is 1. The number of carbonyl (C=O) groups is 2. The van der Waals surface area contributed by atoms with Crippen LogP contribution in [0.25, 0.3) is 10.2 Å². The highest BCUT2D eigenvalue weighted by atomic mass is 32.1. The molecule has 0 aliphatic carbocycles. The number of hydrogen-bond donors (Lipinski definition) is 2. The second-order valence-electron chi connectivity index (χ2n) is 6.43. The fourth-order valence-electron chi connectivity index (χ4n) is 3.29. The molecule has 2 N–H and O–H groups in total. The number of rotatable bonds is 4. The van der Waals surface area contributed by atoms with Crippen LogP contribution in [0.15, 0.2) is 60.9 Å². The number of pyridine rings is 2. The van der Waals surface area contributed by atoms with Gasteiger partial charge in [-0.1, -0.05) is 18.2 Å².